The van der Waals surface area contributed by atoms with Crippen molar-refractivity contribution in [1.82, 2.24) is 15.8 Å². The fraction of sp³-hybridized carbons (Fsp3) is 0.435. The smallest absolute Gasteiger partial charge is 0.228 e. The average Bonchev–Trinajstić information content (AvgIpc) is 3.21. The van der Waals surface area contributed by atoms with E-state index in [1.54, 1.807) is 0 Å². The molecule has 5 heteroatoms. The summed E-state index contributed by atoms with van der Waals surface area (Å²) in [7, 11) is 0. The van der Waals surface area contributed by atoms with E-state index >= 15 is 0 Å². The van der Waals surface area contributed by atoms with Gasteiger partial charge < -0.3 is 10.2 Å². The molecule has 2 unspecified atom stereocenters. The monoisotopic (exact) mass is 378 g/mol. The summed E-state index contributed by atoms with van der Waals surface area (Å²) in [6.07, 6.45) is 3.21. The molecule has 2 saturated heterocycles. The predicted molar refractivity (Wildman–Crippen MR) is 114 cm³/mol. The van der Waals surface area contributed by atoms with Crippen LogP contribution in [0.4, 0.5) is 5.69 Å². The maximum Gasteiger partial charge on any atom is 0.228 e. The normalized spacial score (nSPS) is 22.9. The molecule has 2 fully saturated rings. The number of carbonyl (C=O) groups is 1. The lowest BCUT2D eigenvalue weighted by molar-refractivity contribution is -0.121. The van der Waals surface area contributed by atoms with Crippen molar-refractivity contribution in [1.29, 1.82) is 0 Å². The van der Waals surface area contributed by atoms with Crippen LogP contribution in [0.15, 0.2) is 48.5 Å². The van der Waals surface area contributed by atoms with Crippen molar-refractivity contribution in [2.45, 2.75) is 32.2 Å². The lowest BCUT2D eigenvalue weighted by atomic mass is 9.96. The van der Waals surface area contributed by atoms with E-state index in [1.165, 1.54) is 11.1 Å². The molecule has 5 nitrogen and oxygen atoms in total. The highest BCUT2D eigenvalue weighted by Gasteiger charge is 2.28. The van der Waals surface area contributed by atoms with Crippen LogP contribution in [0.2, 0.25) is 0 Å². The Balaban J connectivity index is 1.38. The van der Waals surface area contributed by atoms with Crippen molar-refractivity contribution in [3.63, 3.8) is 0 Å². The Morgan fingerprint density at radius 1 is 1.14 bits per heavy atom. The van der Waals surface area contributed by atoms with Gasteiger partial charge in [0.05, 0.1) is 5.92 Å². The minimum atomic E-state index is 0.0609. The number of hydrazine groups is 1. The summed E-state index contributed by atoms with van der Waals surface area (Å²) in [5.74, 6) is 0.203. The summed E-state index contributed by atoms with van der Waals surface area (Å²) < 4.78 is 0. The number of hydrogen-bond donors (Lipinski definition) is 3. The minimum Gasteiger partial charge on any atom is -0.326 e. The summed E-state index contributed by atoms with van der Waals surface area (Å²) in [5.41, 5.74) is 10.9. The number of hydrogen-bond acceptors (Lipinski definition) is 4. The van der Waals surface area contributed by atoms with E-state index in [-0.39, 0.29) is 11.8 Å². The van der Waals surface area contributed by atoms with E-state index in [2.05, 4.69) is 64.4 Å². The average molecular weight is 379 g/mol. The Bertz CT molecular complexity index is 816. The van der Waals surface area contributed by atoms with Crippen LogP contribution in [0.25, 0.3) is 11.1 Å². The molecule has 0 aliphatic carbocycles. The molecule has 0 saturated carbocycles. The van der Waals surface area contributed by atoms with Gasteiger partial charge in [-0.25, -0.2) is 0 Å². The van der Waals surface area contributed by atoms with Gasteiger partial charge in [0.25, 0.3) is 0 Å². The van der Waals surface area contributed by atoms with Crippen LogP contribution in [0.5, 0.6) is 0 Å². The number of amides is 1. The van der Waals surface area contributed by atoms with Gasteiger partial charge >= 0.3 is 0 Å². The minimum absolute atomic E-state index is 0.0609. The third-order valence-corrected chi connectivity index (χ3v) is 5.76. The molecule has 0 bridgehead atoms. The highest BCUT2D eigenvalue weighted by Crippen LogP contribution is 2.25. The number of benzene rings is 2. The molecule has 2 aromatic carbocycles. The van der Waals surface area contributed by atoms with Gasteiger partial charge in [-0.05, 0) is 56.0 Å². The summed E-state index contributed by atoms with van der Waals surface area (Å²) in [4.78, 5) is 15.3. The molecule has 2 heterocycles. The largest absolute Gasteiger partial charge is 0.326 e. The summed E-state index contributed by atoms with van der Waals surface area (Å²) in [6, 6.07) is 17.1. The molecule has 0 aromatic heterocycles. The zero-order valence-electron chi connectivity index (χ0n) is 16.6. The molecule has 4 rings (SSSR count). The van der Waals surface area contributed by atoms with Crippen LogP contribution in [0, 0.1) is 12.8 Å². The number of anilines is 1. The molecule has 0 spiro atoms. The summed E-state index contributed by atoms with van der Waals surface area (Å²) >= 11 is 0. The van der Waals surface area contributed by atoms with E-state index in [9.17, 15) is 4.79 Å². The van der Waals surface area contributed by atoms with Gasteiger partial charge in [-0.2, -0.15) is 0 Å². The molecule has 2 atom stereocenters. The SMILES string of the molecule is Cc1cccc(-c2cccc(NC(=O)C3CCCN(CC4CCNN4)C3)c2)c1. The van der Waals surface area contributed by atoms with E-state index in [0.717, 1.165) is 56.7 Å². The number of aryl methyl sites for hydroxylation is 1. The first kappa shape index (κ1) is 19.1. The lowest BCUT2D eigenvalue weighted by Gasteiger charge is -2.33. The van der Waals surface area contributed by atoms with E-state index < -0.39 is 0 Å². The van der Waals surface area contributed by atoms with Crippen molar-refractivity contribution >= 4 is 11.6 Å². The van der Waals surface area contributed by atoms with Gasteiger partial charge in [0, 0.05) is 31.4 Å². The van der Waals surface area contributed by atoms with Crippen LogP contribution in [0.3, 0.4) is 0 Å². The molecule has 2 aliphatic heterocycles. The third-order valence-electron chi connectivity index (χ3n) is 5.76. The molecular formula is C23H30N4O. The number of likely N-dealkylation sites (tertiary alicyclic amines) is 1. The standard InChI is InChI=1S/C23H30N4O/c1-17-5-2-6-18(13-17)19-7-3-9-21(14-19)25-23(28)20-8-4-12-27(15-20)16-22-10-11-24-26-22/h2-3,5-7,9,13-14,20,22,24,26H,4,8,10-12,15-16H2,1H3,(H,25,28). The zero-order chi connectivity index (χ0) is 19.3. The Hall–Kier alpha value is -2.21. The Morgan fingerprint density at radius 3 is 2.75 bits per heavy atom. The molecule has 2 aromatic rings. The number of carbonyl (C=O) groups excluding carboxylic acids is 1. The van der Waals surface area contributed by atoms with Gasteiger partial charge in [-0.1, -0.05) is 42.0 Å². The topological polar surface area (TPSA) is 56.4 Å². The van der Waals surface area contributed by atoms with Gasteiger partial charge in [0.1, 0.15) is 0 Å². The van der Waals surface area contributed by atoms with Crippen LogP contribution < -0.4 is 16.2 Å². The lowest BCUT2D eigenvalue weighted by Crippen LogP contribution is -2.46. The second-order valence-corrected chi connectivity index (χ2v) is 8.09. The van der Waals surface area contributed by atoms with Gasteiger partial charge in [0.15, 0.2) is 0 Å². The molecule has 2 aliphatic rings. The van der Waals surface area contributed by atoms with Gasteiger partial charge in [-0.3, -0.25) is 15.6 Å². The number of nitrogens with zero attached hydrogens (tertiary/aromatic N) is 1. The Labute approximate surface area is 167 Å². The Kier molecular flexibility index (Phi) is 6.05. The maximum absolute atomic E-state index is 12.9. The van der Waals surface area contributed by atoms with E-state index in [4.69, 9.17) is 0 Å². The van der Waals surface area contributed by atoms with Crippen molar-refractivity contribution in [3.8, 4) is 11.1 Å². The highest BCUT2D eigenvalue weighted by molar-refractivity contribution is 5.93. The second kappa shape index (κ2) is 8.86. The van der Waals surface area contributed by atoms with E-state index in [0.29, 0.717) is 6.04 Å². The third kappa shape index (κ3) is 4.79. The molecule has 1 amide bonds. The van der Waals surface area contributed by atoms with Gasteiger partial charge in [-0.15, -0.1) is 0 Å². The highest BCUT2D eigenvalue weighted by atomic mass is 16.1. The molecule has 28 heavy (non-hydrogen) atoms. The summed E-state index contributed by atoms with van der Waals surface area (Å²) in [5, 5.41) is 3.16. The predicted octanol–water partition coefficient (Wildman–Crippen LogP) is 3.18. The van der Waals surface area contributed by atoms with Crippen LogP contribution in [0.1, 0.15) is 24.8 Å². The first-order valence-electron chi connectivity index (χ1n) is 10.4. The number of piperidine rings is 1. The molecule has 3 N–H and O–H groups in total. The van der Waals surface area contributed by atoms with Crippen LogP contribution in [-0.2, 0) is 4.79 Å². The van der Waals surface area contributed by atoms with Crippen LogP contribution >= 0.6 is 0 Å². The second-order valence-electron chi connectivity index (χ2n) is 8.09. The number of nitrogens with one attached hydrogen (secondary N) is 3. The first-order chi connectivity index (χ1) is 13.7. The maximum atomic E-state index is 12.9. The van der Waals surface area contributed by atoms with Crippen molar-refractivity contribution in [2.75, 3.05) is 31.5 Å². The Morgan fingerprint density at radius 2 is 1.96 bits per heavy atom. The molecule has 0 radical (unpaired) electrons. The van der Waals surface area contributed by atoms with Crippen molar-refractivity contribution in [3.05, 3.63) is 54.1 Å². The fourth-order valence-corrected chi connectivity index (χ4v) is 4.26. The summed E-state index contributed by atoms with van der Waals surface area (Å²) in [6.45, 7) is 6.08. The van der Waals surface area contributed by atoms with Crippen molar-refractivity contribution < 1.29 is 4.79 Å². The van der Waals surface area contributed by atoms with Gasteiger partial charge in [0.2, 0.25) is 5.91 Å². The first-order valence-corrected chi connectivity index (χ1v) is 10.4. The molecule has 148 valence electrons. The molecular weight excluding hydrogens is 348 g/mol. The van der Waals surface area contributed by atoms with Crippen molar-refractivity contribution in [2.24, 2.45) is 5.92 Å². The van der Waals surface area contributed by atoms with E-state index in [1.807, 2.05) is 12.1 Å². The quantitative estimate of drug-likeness (QED) is 0.748. The van der Waals surface area contributed by atoms with Crippen LogP contribution in [-0.4, -0.2) is 43.0 Å². The zero-order valence-corrected chi connectivity index (χ0v) is 16.6. The fourth-order valence-electron chi connectivity index (χ4n) is 4.26. The number of rotatable bonds is 5.